The molecule has 1 saturated heterocycles. The van der Waals surface area contributed by atoms with Crippen LogP contribution in [0, 0.1) is 5.95 Å². The molecule has 8 heteroatoms. The highest BCUT2D eigenvalue weighted by atomic mass is 19.1. The minimum Gasteiger partial charge on any atom is -0.486 e. The molecule has 1 aromatic carbocycles. The van der Waals surface area contributed by atoms with E-state index < -0.39 is 5.95 Å². The summed E-state index contributed by atoms with van der Waals surface area (Å²) in [6, 6.07) is 8.76. The topological polar surface area (TPSA) is 66.9 Å². The third-order valence-electron chi connectivity index (χ3n) is 5.04. The van der Waals surface area contributed by atoms with Crippen molar-refractivity contribution in [3.63, 3.8) is 0 Å². The Bertz CT molecular complexity index is 863. The van der Waals surface area contributed by atoms with E-state index in [1.165, 1.54) is 12.3 Å². The third kappa shape index (κ3) is 3.81. The van der Waals surface area contributed by atoms with Gasteiger partial charge in [-0.2, -0.15) is 4.39 Å². The minimum absolute atomic E-state index is 0.00533. The van der Waals surface area contributed by atoms with Crippen molar-refractivity contribution < 1.29 is 18.7 Å². The number of amides is 2. The lowest BCUT2D eigenvalue weighted by molar-refractivity contribution is 0.166. The van der Waals surface area contributed by atoms with E-state index in [9.17, 15) is 9.18 Å². The highest BCUT2D eigenvalue weighted by Gasteiger charge is 2.28. The van der Waals surface area contributed by atoms with E-state index in [-0.39, 0.29) is 12.1 Å². The quantitative estimate of drug-likeness (QED) is 0.821. The Hall–Kier alpha value is -3.03. The van der Waals surface area contributed by atoms with Gasteiger partial charge in [0.25, 0.3) is 0 Å². The molecule has 2 amide bonds. The molecule has 1 atom stereocenters. The number of fused-ring (bicyclic) bond motifs is 1. The Balaban J connectivity index is 1.36. The number of carbonyl (C=O) groups excluding carboxylic acids is 1. The number of urea groups is 1. The largest absolute Gasteiger partial charge is 0.486 e. The second-order valence-electron chi connectivity index (χ2n) is 6.93. The number of aromatic nitrogens is 1. The zero-order chi connectivity index (χ0) is 19.5. The lowest BCUT2D eigenvalue weighted by atomic mass is 10.1. The number of carbonyl (C=O) groups is 1. The summed E-state index contributed by atoms with van der Waals surface area (Å²) in [4.78, 5) is 20.2. The van der Waals surface area contributed by atoms with Crippen molar-refractivity contribution in [2.45, 2.75) is 19.5 Å². The van der Waals surface area contributed by atoms with Gasteiger partial charge in [-0.3, -0.25) is 0 Å². The number of nitrogens with zero attached hydrogens (tertiary/aromatic N) is 3. The summed E-state index contributed by atoms with van der Waals surface area (Å²) < 4.78 is 24.7. The average molecular weight is 386 g/mol. The van der Waals surface area contributed by atoms with E-state index >= 15 is 0 Å². The predicted octanol–water partition coefficient (Wildman–Crippen LogP) is 2.41. The van der Waals surface area contributed by atoms with Crippen LogP contribution in [0.5, 0.6) is 11.5 Å². The fraction of sp³-hybridized carbons (Fsp3) is 0.400. The fourth-order valence-electron chi connectivity index (χ4n) is 3.63. The second-order valence-corrected chi connectivity index (χ2v) is 6.93. The standard InChI is InChI=1S/C20H23FN4O3/c1-14-13-24(16-5-6-22-18(21)11-16)7-8-25(14)20(26)23-12-15-3-2-4-17-19(15)28-10-9-27-17/h2-6,11,14H,7-10,12-13H2,1H3,(H,23,26)/t14-/m1/s1. The first kappa shape index (κ1) is 18.3. The molecule has 2 aromatic rings. The molecule has 2 aliphatic heterocycles. The summed E-state index contributed by atoms with van der Waals surface area (Å²) in [5.41, 5.74) is 1.68. The van der Waals surface area contributed by atoms with Crippen molar-refractivity contribution in [1.29, 1.82) is 0 Å². The first-order valence-electron chi connectivity index (χ1n) is 9.40. The molecule has 0 radical (unpaired) electrons. The van der Waals surface area contributed by atoms with Crippen LogP contribution in [0.4, 0.5) is 14.9 Å². The zero-order valence-corrected chi connectivity index (χ0v) is 15.7. The minimum atomic E-state index is -0.497. The van der Waals surface area contributed by atoms with Crippen LogP contribution in [0.1, 0.15) is 12.5 Å². The van der Waals surface area contributed by atoms with E-state index in [1.54, 1.807) is 11.0 Å². The van der Waals surface area contributed by atoms with Crippen molar-refractivity contribution in [1.82, 2.24) is 15.2 Å². The van der Waals surface area contributed by atoms with Crippen LogP contribution in [0.3, 0.4) is 0 Å². The maximum Gasteiger partial charge on any atom is 0.318 e. The number of hydrogen-bond acceptors (Lipinski definition) is 5. The molecule has 148 valence electrons. The zero-order valence-electron chi connectivity index (χ0n) is 15.7. The Morgan fingerprint density at radius 3 is 2.96 bits per heavy atom. The number of rotatable bonds is 3. The monoisotopic (exact) mass is 386 g/mol. The number of pyridine rings is 1. The first-order chi connectivity index (χ1) is 13.6. The van der Waals surface area contributed by atoms with Crippen LogP contribution < -0.4 is 19.7 Å². The van der Waals surface area contributed by atoms with Gasteiger partial charge in [0.2, 0.25) is 5.95 Å². The van der Waals surface area contributed by atoms with Gasteiger partial charge >= 0.3 is 6.03 Å². The summed E-state index contributed by atoms with van der Waals surface area (Å²) in [7, 11) is 0. The van der Waals surface area contributed by atoms with Crippen LogP contribution in [-0.4, -0.2) is 54.8 Å². The van der Waals surface area contributed by atoms with Crippen LogP contribution in [0.15, 0.2) is 36.5 Å². The van der Waals surface area contributed by atoms with Gasteiger partial charge in [-0.15, -0.1) is 0 Å². The molecule has 28 heavy (non-hydrogen) atoms. The van der Waals surface area contributed by atoms with E-state index in [2.05, 4.69) is 15.2 Å². The molecule has 2 aliphatic rings. The number of para-hydroxylation sites is 1. The highest BCUT2D eigenvalue weighted by molar-refractivity contribution is 5.75. The van der Waals surface area contributed by atoms with Crippen LogP contribution in [-0.2, 0) is 6.54 Å². The predicted molar refractivity (Wildman–Crippen MR) is 102 cm³/mol. The van der Waals surface area contributed by atoms with Crippen LogP contribution in [0.25, 0.3) is 0 Å². The molecule has 7 nitrogen and oxygen atoms in total. The smallest absolute Gasteiger partial charge is 0.318 e. The van der Waals surface area contributed by atoms with Gasteiger partial charge in [0.05, 0.1) is 0 Å². The molecule has 3 heterocycles. The van der Waals surface area contributed by atoms with Crippen molar-refractivity contribution in [3.8, 4) is 11.5 Å². The fourth-order valence-corrected chi connectivity index (χ4v) is 3.63. The number of piperazine rings is 1. The molecule has 4 rings (SSSR count). The van der Waals surface area contributed by atoms with Crippen molar-refractivity contribution in [2.24, 2.45) is 0 Å². The van der Waals surface area contributed by atoms with Crippen LogP contribution in [0.2, 0.25) is 0 Å². The molecule has 0 bridgehead atoms. The SMILES string of the molecule is C[C@@H]1CN(c2ccnc(F)c2)CCN1C(=O)NCc1cccc2c1OCCO2. The molecule has 1 N–H and O–H groups in total. The Morgan fingerprint density at radius 2 is 2.14 bits per heavy atom. The third-order valence-corrected chi connectivity index (χ3v) is 5.04. The summed E-state index contributed by atoms with van der Waals surface area (Å²) in [5, 5.41) is 2.98. The maximum absolute atomic E-state index is 13.4. The van der Waals surface area contributed by atoms with Gasteiger partial charge in [-0.05, 0) is 19.1 Å². The number of ether oxygens (including phenoxy) is 2. The summed E-state index contributed by atoms with van der Waals surface area (Å²) in [5.74, 6) is 0.916. The van der Waals surface area contributed by atoms with Gasteiger partial charge in [0.15, 0.2) is 11.5 Å². The summed E-state index contributed by atoms with van der Waals surface area (Å²) in [6.45, 7) is 5.23. The molecule has 0 aliphatic carbocycles. The highest BCUT2D eigenvalue weighted by Crippen LogP contribution is 2.33. The van der Waals surface area contributed by atoms with Crippen LogP contribution >= 0.6 is 0 Å². The summed E-state index contributed by atoms with van der Waals surface area (Å²) >= 11 is 0. The Morgan fingerprint density at radius 1 is 1.29 bits per heavy atom. The van der Waals surface area contributed by atoms with Gasteiger partial charge in [0, 0.05) is 55.7 Å². The van der Waals surface area contributed by atoms with Gasteiger partial charge < -0.3 is 24.6 Å². The Kier molecular flexibility index (Phi) is 5.18. The number of hydrogen-bond donors (Lipinski definition) is 1. The van der Waals surface area contributed by atoms with E-state index in [0.29, 0.717) is 50.9 Å². The van der Waals surface area contributed by atoms with Gasteiger partial charge in [-0.25, -0.2) is 9.78 Å². The molecular formula is C20H23FN4O3. The van der Waals surface area contributed by atoms with Crippen molar-refractivity contribution in [3.05, 3.63) is 48.0 Å². The second kappa shape index (κ2) is 7.92. The Labute approximate surface area is 163 Å². The van der Waals surface area contributed by atoms with Gasteiger partial charge in [-0.1, -0.05) is 12.1 Å². The first-order valence-corrected chi connectivity index (χ1v) is 9.40. The lowest BCUT2D eigenvalue weighted by Crippen LogP contribution is -2.56. The molecule has 0 unspecified atom stereocenters. The molecule has 1 aromatic heterocycles. The number of halogens is 1. The van der Waals surface area contributed by atoms with Crippen molar-refractivity contribution in [2.75, 3.05) is 37.7 Å². The summed E-state index contributed by atoms with van der Waals surface area (Å²) in [6.07, 6.45) is 1.46. The number of benzene rings is 1. The van der Waals surface area contributed by atoms with Gasteiger partial charge in [0.1, 0.15) is 13.2 Å². The van der Waals surface area contributed by atoms with E-state index in [1.807, 2.05) is 25.1 Å². The van der Waals surface area contributed by atoms with E-state index in [0.717, 1.165) is 11.3 Å². The lowest BCUT2D eigenvalue weighted by Gasteiger charge is -2.40. The molecule has 1 fully saturated rings. The number of nitrogens with one attached hydrogen (secondary N) is 1. The molecule has 0 spiro atoms. The number of anilines is 1. The van der Waals surface area contributed by atoms with E-state index in [4.69, 9.17) is 9.47 Å². The average Bonchev–Trinajstić information content (AvgIpc) is 2.72. The van der Waals surface area contributed by atoms with Crippen molar-refractivity contribution >= 4 is 11.7 Å². The maximum atomic E-state index is 13.4. The molecular weight excluding hydrogens is 363 g/mol. The normalized spacial score (nSPS) is 18.7. The molecule has 0 saturated carbocycles.